The predicted molar refractivity (Wildman–Crippen MR) is 69.5 cm³/mol. The van der Waals surface area contributed by atoms with Gasteiger partial charge in [0.05, 0.1) is 17.6 Å². The van der Waals surface area contributed by atoms with E-state index in [-0.39, 0.29) is 22.1 Å². The second-order valence-corrected chi connectivity index (χ2v) is 5.55. The van der Waals surface area contributed by atoms with E-state index in [1.54, 1.807) is 6.07 Å². The summed E-state index contributed by atoms with van der Waals surface area (Å²) in [4.78, 5) is 3.68. The van der Waals surface area contributed by atoms with Crippen LogP contribution in [0.3, 0.4) is 0 Å². The summed E-state index contributed by atoms with van der Waals surface area (Å²) in [6.07, 6.45) is 1.25. The molecule has 104 valence electrons. The van der Waals surface area contributed by atoms with Crippen LogP contribution in [0.25, 0.3) is 0 Å². The van der Waals surface area contributed by atoms with Crippen molar-refractivity contribution in [1.29, 1.82) is 5.26 Å². The Hall–Kier alpha value is -2.60. The van der Waals surface area contributed by atoms with Crippen molar-refractivity contribution < 1.29 is 12.8 Å². The average Bonchev–Trinajstić information content (AvgIpc) is 2.71. The number of nitrogens with zero attached hydrogens (tertiary/aromatic N) is 3. The molecule has 20 heavy (non-hydrogen) atoms. The Morgan fingerprint density at radius 1 is 1.50 bits per heavy atom. The zero-order chi connectivity index (χ0) is 14.9. The number of benzene rings is 1. The number of nitrogens with one attached hydrogen (secondary N) is 1. The van der Waals surface area contributed by atoms with Gasteiger partial charge in [0.2, 0.25) is 0 Å². The van der Waals surface area contributed by atoms with E-state index in [0.29, 0.717) is 0 Å². The van der Waals surface area contributed by atoms with Crippen molar-refractivity contribution >= 4 is 21.5 Å². The molecule has 0 atom stereocenters. The number of rotatable bonds is 3. The number of sulfonamides is 1. The maximum Gasteiger partial charge on any atom is 0.281 e. The van der Waals surface area contributed by atoms with Crippen LogP contribution in [0.1, 0.15) is 5.56 Å². The molecular formula is C11H10FN5O2S. The lowest BCUT2D eigenvalue weighted by atomic mass is 10.2. The summed E-state index contributed by atoms with van der Waals surface area (Å²) in [7, 11) is -2.56. The molecule has 2 rings (SSSR count). The van der Waals surface area contributed by atoms with Crippen LogP contribution in [0.2, 0.25) is 0 Å². The Morgan fingerprint density at radius 3 is 2.75 bits per heavy atom. The molecule has 0 aliphatic heterocycles. The molecule has 3 N–H and O–H groups in total. The second-order valence-electron chi connectivity index (χ2n) is 3.95. The standard InChI is InChI=1S/C11H10FN5O2S/c1-17-6-15-10(14)11(17)20(18,19)16-9-3-2-8(12)4-7(9)5-13/h2-4,6,16H,14H2,1H3. The molecule has 0 bridgehead atoms. The summed E-state index contributed by atoms with van der Waals surface area (Å²) < 4.78 is 40.8. The van der Waals surface area contributed by atoms with Crippen LogP contribution in [0.4, 0.5) is 15.9 Å². The molecule has 7 nitrogen and oxygen atoms in total. The maximum atomic E-state index is 13.0. The summed E-state index contributed by atoms with van der Waals surface area (Å²) in [5.41, 5.74) is 5.34. The van der Waals surface area contributed by atoms with E-state index in [9.17, 15) is 12.8 Å². The summed E-state index contributed by atoms with van der Waals surface area (Å²) in [6.45, 7) is 0. The van der Waals surface area contributed by atoms with Crippen molar-refractivity contribution in [1.82, 2.24) is 9.55 Å². The first-order chi connectivity index (χ1) is 9.35. The van der Waals surface area contributed by atoms with Gasteiger partial charge in [-0.05, 0) is 18.2 Å². The number of imidazole rings is 1. The molecular weight excluding hydrogens is 285 g/mol. The Morgan fingerprint density at radius 2 is 2.20 bits per heavy atom. The smallest absolute Gasteiger partial charge is 0.281 e. The second kappa shape index (κ2) is 4.82. The number of hydrogen-bond acceptors (Lipinski definition) is 5. The van der Waals surface area contributed by atoms with Crippen LogP contribution in [-0.2, 0) is 17.1 Å². The van der Waals surface area contributed by atoms with Crippen LogP contribution in [0.15, 0.2) is 29.6 Å². The van der Waals surface area contributed by atoms with Gasteiger partial charge in [0, 0.05) is 7.05 Å². The normalized spacial score (nSPS) is 11.1. The molecule has 0 radical (unpaired) electrons. The number of nitrogen functional groups attached to an aromatic ring is 1. The van der Waals surface area contributed by atoms with E-state index >= 15 is 0 Å². The highest BCUT2D eigenvalue weighted by molar-refractivity contribution is 7.92. The molecule has 2 aromatic rings. The molecule has 0 aliphatic rings. The quantitative estimate of drug-likeness (QED) is 0.870. The van der Waals surface area contributed by atoms with Crippen molar-refractivity contribution in [3.8, 4) is 6.07 Å². The van der Waals surface area contributed by atoms with Gasteiger partial charge in [0.15, 0.2) is 10.8 Å². The molecule has 0 spiro atoms. The monoisotopic (exact) mass is 295 g/mol. The van der Waals surface area contributed by atoms with Crippen LogP contribution in [-0.4, -0.2) is 18.0 Å². The van der Waals surface area contributed by atoms with E-state index in [2.05, 4.69) is 9.71 Å². The predicted octanol–water partition coefficient (Wildman–Crippen LogP) is 0.814. The van der Waals surface area contributed by atoms with Crippen LogP contribution in [0.5, 0.6) is 0 Å². The number of aromatic nitrogens is 2. The number of aryl methyl sites for hydroxylation is 1. The minimum Gasteiger partial charge on any atom is -0.381 e. The molecule has 0 amide bonds. The average molecular weight is 295 g/mol. The zero-order valence-electron chi connectivity index (χ0n) is 10.3. The Bertz CT molecular complexity index is 787. The third-order valence-electron chi connectivity index (χ3n) is 2.51. The van der Waals surface area contributed by atoms with Gasteiger partial charge in [-0.25, -0.2) is 9.37 Å². The lowest BCUT2D eigenvalue weighted by Crippen LogP contribution is -2.18. The summed E-state index contributed by atoms with van der Waals surface area (Å²) in [5.74, 6) is -0.801. The van der Waals surface area contributed by atoms with E-state index < -0.39 is 15.8 Å². The Labute approximate surface area is 114 Å². The van der Waals surface area contributed by atoms with Gasteiger partial charge in [0.1, 0.15) is 11.9 Å². The van der Waals surface area contributed by atoms with Gasteiger partial charge in [-0.2, -0.15) is 13.7 Å². The fourth-order valence-corrected chi connectivity index (χ4v) is 2.97. The van der Waals surface area contributed by atoms with Crippen molar-refractivity contribution in [3.63, 3.8) is 0 Å². The fourth-order valence-electron chi connectivity index (χ4n) is 1.66. The van der Waals surface area contributed by atoms with Crippen LogP contribution in [0, 0.1) is 17.1 Å². The molecule has 0 saturated heterocycles. The van der Waals surface area contributed by atoms with Crippen molar-refractivity contribution in [2.75, 3.05) is 10.5 Å². The first-order valence-corrected chi connectivity index (χ1v) is 6.82. The van der Waals surface area contributed by atoms with Crippen molar-refractivity contribution in [2.24, 2.45) is 7.05 Å². The fraction of sp³-hybridized carbons (Fsp3) is 0.0909. The van der Waals surface area contributed by atoms with Gasteiger partial charge < -0.3 is 10.3 Å². The number of hydrogen-bond donors (Lipinski definition) is 2. The van der Waals surface area contributed by atoms with E-state index in [1.807, 2.05) is 0 Å². The lowest BCUT2D eigenvalue weighted by Gasteiger charge is -2.10. The van der Waals surface area contributed by atoms with Crippen molar-refractivity contribution in [2.45, 2.75) is 5.03 Å². The highest BCUT2D eigenvalue weighted by Crippen LogP contribution is 2.22. The van der Waals surface area contributed by atoms with Crippen molar-refractivity contribution in [3.05, 3.63) is 35.9 Å². The SMILES string of the molecule is Cn1cnc(N)c1S(=O)(=O)Nc1ccc(F)cc1C#N. The van der Waals surface area contributed by atoms with E-state index in [1.165, 1.54) is 17.9 Å². The Kier molecular flexibility index (Phi) is 3.33. The maximum absolute atomic E-state index is 13.0. The summed E-state index contributed by atoms with van der Waals surface area (Å²) >= 11 is 0. The minimum atomic E-state index is -4.02. The first kappa shape index (κ1) is 13.8. The largest absolute Gasteiger partial charge is 0.381 e. The van der Waals surface area contributed by atoms with E-state index in [0.717, 1.165) is 18.2 Å². The van der Waals surface area contributed by atoms with Gasteiger partial charge in [-0.1, -0.05) is 0 Å². The van der Waals surface area contributed by atoms with E-state index in [4.69, 9.17) is 11.0 Å². The van der Waals surface area contributed by atoms with Crippen LogP contribution < -0.4 is 10.5 Å². The van der Waals surface area contributed by atoms with Crippen LogP contribution >= 0.6 is 0 Å². The molecule has 0 saturated carbocycles. The Balaban J connectivity index is 2.47. The highest BCUT2D eigenvalue weighted by Gasteiger charge is 2.23. The lowest BCUT2D eigenvalue weighted by molar-refractivity contribution is 0.591. The molecule has 0 fully saturated rings. The summed E-state index contributed by atoms with van der Waals surface area (Å²) in [6, 6.07) is 4.86. The zero-order valence-corrected chi connectivity index (χ0v) is 11.1. The van der Waals surface area contributed by atoms with Gasteiger partial charge >= 0.3 is 0 Å². The molecule has 0 aliphatic carbocycles. The molecule has 1 aromatic heterocycles. The number of nitrogens with two attached hydrogens (primary N) is 1. The molecule has 1 heterocycles. The minimum absolute atomic E-state index is 0.0329. The number of nitriles is 1. The number of halogens is 1. The summed E-state index contributed by atoms with van der Waals surface area (Å²) in [5, 5.41) is 8.65. The first-order valence-electron chi connectivity index (χ1n) is 5.34. The third kappa shape index (κ3) is 2.41. The number of anilines is 2. The van der Waals surface area contributed by atoms with Gasteiger partial charge in [-0.15, -0.1) is 0 Å². The topological polar surface area (TPSA) is 114 Å². The molecule has 1 aromatic carbocycles. The van der Waals surface area contributed by atoms with Gasteiger partial charge in [-0.3, -0.25) is 4.72 Å². The third-order valence-corrected chi connectivity index (χ3v) is 4.01. The van der Waals surface area contributed by atoms with Gasteiger partial charge in [0.25, 0.3) is 10.0 Å². The highest BCUT2D eigenvalue weighted by atomic mass is 32.2. The molecule has 0 unspecified atom stereocenters. The molecule has 9 heteroatoms.